The van der Waals surface area contributed by atoms with Crippen LogP contribution < -0.4 is 0 Å². The third-order valence-electron chi connectivity index (χ3n) is 4.20. The van der Waals surface area contributed by atoms with Crippen molar-refractivity contribution in [1.82, 2.24) is 4.90 Å². The van der Waals surface area contributed by atoms with E-state index >= 15 is 0 Å². The Labute approximate surface area is 138 Å². The number of halogens is 3. The van der Waals surface area contributed by atoms with Crippen molar-refractivity contribution in [3.05, 3.63) is 41.5 Å². The number of carbonyl (C=O) groups is 1. The van der Waals surface area contributed by atoms with E-state index in [4.69, 9.17) is 14.6 Å². The summed E-state index contributed by atoms with van der Waals surface area (Å²) < 4.78 is 37.7. The molecule has 3 rings (SSSR count). The van der Waals surface area contributed by atoms with Gasteiger partial charge in [0.15, 0.2) is 0 Å². The molecule has 4 nitrogen and oxygen atoms in total. The Kier molecular flexibility index (Phi) is 5.35. The minimum atomic E-state index is -5.08. The lowest BCUT2D eigenvalue weighted by Gasteiger charge is -2.29. The zero-order valence-corrected chi connectivity index (χ0v) is 13.6. The summed E-state index contributed by atoms with van der Waals surface area (Å²) in [5.74, 6) is -2.21. The highest BCUT2D eigenvalue weighted by molar-refractivity contribution is 5.73. The third-order valence-corrected chi connectivity index (χ3v) is 4.20. The Balaban J connectivity index is 0.000000256. The van der Waals surface area contributed by atoms with Gasteiger partial charge in [-0.05, 0) is 30.7 Å². The Morgan fingerprint density at radius 1 is 1.38 bits per heavy atom. The van der Waals surface area contributed by atoms with Crippen molar-refractivity contribution >= 4 is 11.5 Å². The van der Waals surface area contributed by atoms with E-state index in [0.717, 1.165) is 25.3 Å². The maximum atomic E-state index is 10.6. The van der Waals surface area contributed by atoms with Gasteiger partial charge in [0, 0.05) is 19.0 Å². The van der Waals surface area contributed by atoms with Crippen LogP contribution in [-0.4, -0.2) is 48.4 Å². The van der Waals surface area contributed by atoms with E-state index in [2.05, 4.69) is 43.6 Å². The first-order chi connectivity index (χ1) is 11.1. The lowest BCUT2D eigenvalue weighted by atomic mass is 9.86. The fourth-order valence-corrected chi connectivity index (χ4v) is 3.13. The van der Waals surface area contributed by atoms with Gasteiger partial charge in [-0.1, -0.05) is 30.4 Å². The Morgan fingerprint density at radius 2 is 2.00 bits per heavy atom. The maximum Gasteiger partial charge on any atom is 0.490 e. The smallest absolute Gasteiger partial charge is 0.475 e. The average Bonchev–Trinajstić information content (AvgIpc) is 2.86. The molecule has 0 spiro atoms. The van der Waals surface area contributed by atoms with E-state index in [1.807, 2.05) is 0 Å². The largest absolute Gasteiger partial charge is 0.490 e. The molecular weight excluding hydrogens is 323 g/mol. The average molecular weight is 343 g/mol. The monoisotopic (exact) mass is 343 g/mol. The summed E-state index contributed by atoms with van der Waals surface area (Å²) in [5.41, 5.74) is 5.24. The van der Waals surface area contributed by atoms with E-state index in [1.54, 1.807) is 0 Å². The first-order valence-corrected chi connectivity index (χ1v) is 7.49. The van der Waals surface area contributed by atoms with Gasteiger partial charge in [-0.3, -0.25) is 0 Å². The van der Waals surface area contributed by atoms with Crippen LogP contribution in [-0.2, 0) is 16.1 Å². The minimum absolute atomic E-state index is 0.382. The summed E-state index contributed by atoms with van der Waals surface area (Å²) in [6, 6.07) is 6.58. The van der Waals surface area contributed by atoms with Gasteiger partial charge < -0.3 is 14.7 Å². The molecule has 0 saturated carbocycles. The van der Waals surface area contributed by atoms with Crippen LogP contribution in [0.25, 0.3) is 5.57 Å². The first-order valence-electron chi connectivity index (χ1n) is 7.49. The van der Waals surface area contributed by atoms with Crippen LogP contribution in [0.15, 0.2) is 24.8 Å². The standard InChI is InChI=1S/C15H19NO.C2HF3O2/c1-10(2)11-5-4-6-12-13-7-16(3)8-15(13)17-9-14(11)12;3-2(4,5)1(6)7/h4-6,13,15H,1,7-9H2,2-3H3;(H,6,7). The van der Waals surface area contributed by atoms with Crippen LogP contribution in [0.3, 0.4) is 0 Å². The Morgan fingerprint density at radius 3 is 2.54 bits per heavy atom. The maximum absolute atomic E-state index is 10.6. The second kappa shape index (κ2) is 6.94. The SMILES string of the molecule is C=C(C)c1cccc2c1COC1CN(C)CC21.O=C(O)C(F)(F)F. The number of carboxylic acid groups (broad SMARTS) is 1. The van der Waals surface area contributed by atoms with Gasteiger partial charge in [0.2, 0.25) is 0 Å². The highest BCUT2D eigenvalue weighted by Crippen LogP contribution is 2.38. The van der Waals surface area contributed by atoms with Crippen molar-refractivity contribution in [3.8, 4) is 0 Å². The lowest BCUT2D eigenvalue weighted by Crippen LogP contribution is -2.27. The summed E-state index contributed by atoms with van der Waals surface area (Å²) in [5, 5.41) is 7.12. The number of alkyl halides is 3. The van der Waals surface area contributed by atoms with Gasteiger partial charge in [-0.25, -0.2) is 4.79 Å². The molecule has 2 heterocycles. The molecule has 2 aliphatic rings. The normalized spacial score (nSPS) is 22.9. The van der Waals surface area contributed by atoms with Gasteiger partial charge in [0.25, 0.3) is 0 Å². The van der Waals surface area contributed by atoms with E-state index in [9.17, 15) is 13.2 Å². The summed E-state index contributed by atoms with van der Waals surface area (Å²) in [4.78, 5) is 11.3. The van der Waals surface area contributed by atoms with Crippen molar-refractivity contribution in [2.45, 2.75) is 31.7 Å². The van der Waals surface area contributed by atoms with Gasteiger partial charge in [0.1, 0.15) is 0 Å². The molecule has 2 aliphatic heterocycles. The van der Waals surface area contributed by atoms with Crippen molar-refractivity contribution in [2.75, 3.05) is 20.1 Å². The molecule has 1 aromatic rings. The first kappa shape index (κ1) is 18.5. The molecule has 1 aromatic carbocycles. The molecule has 7 heteroatoms. The van der Waals surface area contributed by atoms with Crippen LogP contribution in [0.1, 0.15) is 29.5 Å². The van der Waals surface area contributed by atoms with Crippen LogP contribution >= 0.6 is 0 Å². The molecular formula is C17H20F3NO3. The van der Waals surface area contributed by atoms with Gasteiger partial charge in [-0.2, -0.15) is 13.2 Å². The van der Waals surface area contributed by atoms with E-state index < -0.39 is 12.1 Å². The van der Waals surface area contributed by atoms with E-state index in [1.165, 1.54) is 16.7 Å². The summed E-state index contributed by atoms with van der Waals surface area (Å²) in [6.45, 7) is 9.05. The summed E-state index contributed by atoms with van der Waals surface area (Å²) in [7, 11) is 2.17. The number of allylic oxidation sites excluding steroid dienone is 1. The molecule has 0 bridgehead atoms. The fourth-order valence-electron chi connectivity index (χ4n) is 3.13. The van der Waals surface area contributed by atoms with Crippen LogP contribution in [0, 0.1) is 0 Å². The molecule has 0 aliphatic carbocycles. The molecule has 1 saturated heterocycles. The van der Waals surface area contributed by atoms with E-state index in [-0.39, 0.29) is 0 Å². The fraction of sp³-hybridized carbons (Fsp3) is 0.471. The topological polar surface area (TPSA) is 49.8 Å². The Hall–Kier alpha value is -1.86. The van der Waals surface area contributed by atoms with Crippen molar-refractivity contribution in [3.63, 3.8) is 0 Å². The number of benzene rings is 1. The van der Waals surface area contributed by atoms with Crippen molar-refractivity contribution in [1.29, 1.82) is 0 Å². The van der Waals surface area contributed by atoms with E-state index in [0.29, 0.717) is 12.0 Å². The minimum Gasteiger partial charge on any atom is -0.475 e. The molecule has 132 valence electrons. The van der Waals surface area contributed by atoms with Gasteiger partial charge >= 0.3 is 12.1 Å². The molecule has 1 N–H and O–H groups in total. The number of nitrogens with zero attached hydrogens (tertiary/aromatic N) is 1. The predicted octanol–water partition coefficient (Wildman–Crippen LogP) is 3.28. The quantitative estimate of drug-likeness (QED) is 0.850. The number of carboxylic acids is 1. The predicted molar refractivity (Wildman–Crippen MR) is 83.7 cm³/mol. The van der Waals surface area contributed by atoms with Crippen LogP contribution in [0.2, 0.25) is 0 Å². The second-order valence-electron chi connectivity index (χ2n) is 6.13. The molecule has 1 fully saturated rings. The number of fused-ring (bicyclic) bond motifs is 3. The summed E-state index contributed by atoms with van der Waals surface area (Å²) in [6.07, 6.45) is -4.70. The second-order valence-corrected chi connectivity index (χ2v) is 6.13. The Bertz CT molecular complexity index is 642. The number of ether oxygens (including phenoxy) is 1. The summed E-state index contributed by atoms with van der Waals surface area (Å²) >= 11 is 0. The molecule has 2 unspecified atom stereocenters. The lowest BCUT2D eigenvalue weighted by molar-refractivity contribution is -0.192. The third kappa shape index (κ3) is 3.96. The number of likely N-dealkylation sites (tertiary alicyclic amines) is 1. The van der Waals surface area contributed by atoms with Crippen LogP contribution in [0.5, 0.6) is 0 Å². The molecule has 0 radical (unpaired) electrons. The van der Waals surface area contributed by atoms with Crippen LogP contribution in [0.4, 0.5) is 13.2 Å². The highest BCUT2D eigenvalue weighted by atomic mass is 19.4. The number of likely N-dealkylation sites (N-methyl/N-ethyl adjacent to an activating group) is 1. The molecule has 24 heavy (non-hydrogen) atoms. The zero-order chi connectivity index (χ0) is 18.1. The van der Waals surface area contributed by atoms with Gasteiger partial charge in [-0.15, -0.1) is 0 Å². The molecule has 2 atom stereocenters. The number of aliphatic carboxylic acids is 1. The number of rotatable bonds is 1. The number of hydrogen-bond donors (Lipinski definition) is 1. The van der Waals surface area contributed by atoms with Gasteiger partial charge in [0.05, 0.1) is 12.7 Å². The molecule has 0 aromatic heterocycles. The van der Waals surface area contributed by atoms with Crippen molar-refractivity contribution in [2.24, 2.45) is 0 Å². The van der Waals surface area contributed by atoms with Crippen molar-refractivity contribution < 1.29 is 27.8 Å². The molecule has 0 amide bonds. The highest BCUT2D eigenvalue weighted by Gasteiger charge is 2.38. The zero-order valence-electron chi connectivity index (χ0n) is 13.6. The number of hydrogen-bond acceptors (Lipinski definition) is 3.